The van der Waals surface area contributed by atoms with Gasteiger partial charge in [0.25, 0.3) is 0 Å². The summed E-state index contributed by atoms with van der Waals surface area (Å²) < 4.78 is 10.3. The molecule has 140 valence electrons. The van der Waals surface area contributed by atoms with Crippen molar-refractivity contribution in [2.24, 2.45) is 5.92 Å². The molecule has 3 N–H and O–H groups in total. The summed E-state index contributed by atoms with van der Waals surface area (Å²) in [4.78, 5) is 27.8. The fraction of sp³-hybridized carbons (Fsp3) is 0.588. The van der Waals surface area contributed by atoms with Gasteiger partial charge in [-0.05, 0) is 38.3 Å². The second-order valence-corrected chi connectivity index (χ2v) is 5.82. The van der Waals surface area contributed by atoms with Crippen molar-refractivity contribution in [2.45, 2.75) is 40.2 Å². The van der Waals surface area contributed by atoms with Crippen molar-refractivity contribution in [3.8, 4) is 5.88 Å². The van der Waals surface area contributed by atoms with Crippen molar-refractivity contribution in [1.29, 1.82) is 0 Å². The highest BCUT2D eigenvalue weighted by Crippen LogP contribution is 2.20. The largest absolute Gasteiger partial charge is 0.476 e. The minimum atomic E-state index is -0.485. The minimum Gasteiger partial charge on any atom is -0.476 e. The fourth-order valence-corrected chi connectivity index (χ4v) is 2.22. The molecule has 8 nitrogen and oxygen atoms in total. The first-order valence-corrected chi connectivity index (χ1v) is 8.52. The molecule has 1 atom stereocenters. The zero-order valence-corrected chi connectivity index (χ0v) is 15.3. The molecule has 1 heterocycles. The van der Waals surface area contributed by atoms with Gasteiger partial charge < -0.3 is 25.4 Å². The third-order valence-electron chi connectivity index (χ3n) is 3.16. The van der Waals surface area contributed by atoms with E-state index in [1.54, 1.807) is 25.3 Å². The quantitative estimate of drug-likeness (QED) is 0.634. The van der Waals surface area contributed by atoms with E-state index in [1.165, 1.54) is 0 Å². The third-order valence-corrected chi connectivity index (χ3v) is 3.16. The molecule has 0 bridgehead atoms. The van der Waals surface area contributed by atoms with Crippen molar-refractivity contribution < 1.29 is 19.1 Å². The smallest absolute Gasteiger partial charge is 0.407 e. The van der Waals surface area contributed by atoms with Crippen LogP contribution in [0, 0.1) is 5.92 Å². The predicted molar refractivity (Wildman–Crippen MR) is 95.8 cm³/mol. The van der Waals surface area contributed by atoms with Crippen LogP contribution in [0.4, 0.5) is 15.3 Å². The molecule has 25 heavy (non-hydrogen) atoms. The number of hydrogen-bond donors (Lipinski definition) is 3. The summed E-state index contributed by atoms with van der Waals surface area (Å²) in [6, 6.07) is 2.81. The molecule has 0 spiro atoms. The summed E-state index contributed by atoms with van der Waals surface area (Å²) >= 11 is 0. The lowest BCUT2D eigenvalue weighted by molar-refractivity contribution is 0.146. The summed E-state index contributed by atoms with van der Waals surface area (Å²) in [5.41, 5.74) is 0.487. The van der Waals surface area contributed by atoms with Gasteiger partial charge in [0.05, 0.1) is 13.2 Å². The van der Waals surface area contributed by atoms with Crippen LogP contribution in [0.5, 0.6) is 5.88 Å². The molecular weight excluding hydrogens is 324 g/mol. The number of carbonyl (C=O) groups is 2. The standard InChI is InChI=1S/C17H28N4O4/c1-5-24-15-14(8-7-9-18-15)21-16(22)19-11-13(10-12(3)4)20-17(23)25-6-2/h7-9,12-13H,5-6,10-11H2,1-4H3,(H,20,23)(H2,19,21,22). The molecule has 0 aliphatic carbocycles. The van der Waals surface area contributed by atoms with Crippen molar-refractivity contribution >= 4 is 17.8 Å². The van der Waals surface area contributed by atoms with Crippen LogP contribution in [-0.4, -0.2) is 42.9 Å². The summed E-state index contributed by atoms with van der Waals surface area (Å²) in [7, 11) is 0. The fourth-order valence-electron chi connectivity index (χ4n) is 2.22. The topological polar surface area (TPSA) is 102 Å². The zero-order chi connectivity index (χ0) is 18.7. The van der Waals surface area contributed by atoms with Crippen molar-refractivity contribution in [3.05, 3.63) is 18.3 Å². The maximum atomic E-state index is 12.1. The van der Waals surface area contributed by atoms with Gasteiger partial charge in [-0.3, -0.25) is 0 Å². The van der Waals surface area contributed by atoms with Gasteiger partial charge in [0, 0.05) is 18.8 Å². The Kier molecular flexibility index (Phi) is 9.13. The molecule has 1 unspecified atom stereocenters. The van der Waals surface area contributed by atoms with E-state index >= 15 is 0 Å². The maximum Gasteiger partial charge on any atom is 0.407 e. The van der Waals surface area contributed by atoms with Gasteiger partial charge >= 0.3 is 12.1 Å². The summed E-state index contributed by atoms with van der Waals surface area (Å²) in [5.74, 6) is 0.725. The van der Waals surface area contributed by atoms with E-state index in [9.17, 15) is 9.59 Å². The number of anilines is 1. The number of hydrogen-bond acceptors (Lipinski definition) is 5. The normalized spacial score (nSPS) is 11.6. The predicted octanol–water partition coefficient (Wildman–Crippen LogP) is 2.76. The van der Waals surface area contributed by atoms with Gasteiger partial charge in [-0.1, -0.05) is 13.8 Å². The van der Waals surface area contributed by atoms with Gasteiger partial charge in [0.15, 0.2) is 0 Å². The van der Waals surface area contributed by atoms with Gasteiger partial charge in [0.2, 0.25) is 5.88 Å². The highest BCUT2D eigenvalue weighted by atomic mass is 16.5. The Hall–Kier alpha value is -2.51. The number of aromatic nitrogens is 1. The monoisotopic (exact) mass is 352 g/mol. The molecular formula is C17H28N4O4. The van der Waals surface area contributed by atoms with Gasteiger partial charge in [-0.15, -0.1) is 0 Å². The van der Waals surface area contributed by atoms with Crippen LogP contribution >= 0.6 is 0 Å². The molecule has 3 amide bonds. The first kappa shape index (κ1) is 20.5. The average molecular weight is 352 g/mol. The Morgan fingerprint density at radius 2 is 2.00 bits per heavy atom. The molecule has 1 aromatic rings. The summed E-state index contributed by atoms with van der Waals surface area (Å²) in [6.45, 7) is 8.71. The van der Waals surface area contributed by atoms with Crippen LogP contribution in [0.1, 0.15) is 34.1 Å². The number of alkyl carbamates (subject to hydrolysis) is 1. The van der Waals surface area contributed by atoms with E-state index < -0.39 is 12.1 Å². The van der Waals surface area contributed by atoms with E-state index in [0.29, 0.717) is 30.7 Å². The molecule has 0 saturated heterocycles. The number of ether oxygens (including phenoxy) is 2. The highest BCUT2D eigenvalue weighted by molar-refractivity contribution is 5.90. The first-order chi connectivity index (χ1) is 12.0. The Balaban J connectivity index is 2.57. The number of rotatable bonds is 9. The number of carbonyl (C=O) groups excluding carboxylic acids is 2. The van der Waals surface area contributed by atoms with E-state index in [4.69, 9.17) is 9.47 Å². The summed E-state index contributed by atoms with van der Waals surface area (Å²) in [5, 5.41) is 8.21. The van der Waals surface area contributed by atoms with Crippen molar-refractivity contribution in [2.75, 3.05) is 25.1 Å². The number of urea groups is 1. The molecule has 8 heteroatoms. The van der Waals surface area contributed by atoms with Crippen molar-refractivity contribution in [3.63, 3.8) is 0 Å². The number of pyridine rings is 1. The molecule has 0 radical (unpaired) electrons. The Morgan fingerprint density at radius 1 is 1.24 bits per heavy atom. The molecule has 1 rings (SSSR count). The first-order valence-electron chi connectivity index (χ1n) is 8.52. The van der Waals surface area contributed by atoms with E-state index in [0.717, 1.165) is 6.42 Å². The van der Waals surface area contributed by atoms with E-state index in [-0.39, 0.29) is 12.6 Å². The van der Waals surface area contributed by atoms with Gasteiger partial charge in [-0.25, -0.2) is 14.6 Å². The van der Waals surface area contributed by atoms with Crippen molar-refractivity contribution in [1.82, 2.24) is 15.6 Å². The van der Waals surface area contributed by atoms with Crippen LogP contribution in [0.25, 0.3) is 0 Å². The van der Waals surface area contributed by atoms with Crippen LogP contribution < -0.4 is 20.7 Å². The maximum absolute atomic E-state index is 12.1. The molecule has 0 saturated carbocycles. The highest BCUT2D eigenvalue weighted by Gasteiger charge is 2.16. The lowest BCUT2D eigenvalue weighted by Gasteiger charge is -2.21. The Morgan fingerprint density at radius 3 is 2.64 bits per heavy atom. The number of amides is 3. The van der Waals surface area contributed by atoms with Gasteiger partial charge in [0.1, 0.15) is 5.69 Å². The summed E-state index contributed by atoms with van der Waals surface area (Å²) in [6.07, 6.45) is 1.83. The molecule has 0 aliphatic rings. The molecule has 0 aliphatic heterocycles. The third kappa shape index (κ3) is 8.23. The number of nitrogens with one attached hydrogen (secondary N) is 3. The molecule has 1 aromatic heterocycles. The average Bonchev–Trinajstić information content (AvgIpc) is 2.54. The number of nitrogens with zero attached hydrogens (tertiary/aromatic N) is 1. The van der Waals surface area contributed by atoms with E-state index in [1.807, 2.05) is 20.8 Å². The molecule has 0 aromatic carbocycles. The SMILES string of the molecule is CCOC(=O)NC(CNC(=O)Nc1cccnc1OCC)CC(C)C. The van der Waals surface area contributed by atoms with E-state index in [2.05, 4.69) is 20.9 Å². The van der Waals surface area contributed by atoms with Gasteiger partial charge in [-0.2, -0.15) is 0 Å². The second kappa shape index (κ2) is 11.1. The second-order valence-electron chi connectivity index (χ2n) is 5.82. The Labute approximate surface area is 148 Å². The van der Waals surface area contributed by atoms with Crippen LogP contribution in [0.3, 0.4) is 0 Å². The van der Waals surface area contributed by atoms with Crippen LogP contribution in [0.2, 0.25) is 0 Å². The molecule has 0 fully saturated rings. The lowest BCUT2D eigenvalue weighted by Crippen LogP contribution is -2.45. The zero-order valence-electron chi connectivity index (χ0n) is 15.3. The minimum absolute atomic E-state index is 0.218. The van der Waals surface area contributed by atoms with Crippen LogP contribution in [-0.2, 0) is 4.74 Å². The van der Waals surface area contributed by atoms with Crippen LogP contribution in [0.15, 0.2) is 18.3 Å². The lowest BCUT2D eigenvalue weighted by atomic mass is 10.0. The Bertz CT molecular complexity index is 551.